The molecule has 1 aliphatic heterocycles. The Kier molecular flexibility index (Phi) is 7.26. The molecule has 0 unspecified atom stereocenters. The number of carbonyl (C=O) groups is 2. The Hall–Kier alpha value is -3.52. The predicted octanol–water partition coefficient (Wildman–Crippen LogP) is 4.81. The second-order valence-corrected chi connectivity index (χ2v) is 10.3. The summed E-state index contributed by atoms with van der Waals surface area (Å²) < 4.78 is 17.2. The number of aliphatic hydroxyl groups excluding tert-OH is 1. The summed E-state index contributed by atoms with van der Waals surface area (Å²) in [4.78, 5) is 27.5. The number of likely N-dealkylation sites (tertiary alicyclic amines) is 1. The normalized spacial score (nSPS) is 15.5. The lowest BCUT2D eigenvalue weighted by molar-refractivity contribution is 0.00970. The SMILES string of the molecule is Cc1oc2ccc(OCc3ccccc3)cc2c1C(=O)NC1(CO)CCN(C(=O)OC(C)(C)C)CC1. The molecule has 4 rings (SSSR count). The van der Waals surface area contributed by atoms with E-state index < -0.39 is 11.1 Å². The number of rotatable bonds is 6. The van der Waals surface area contributed by atoms with Crippen molar-refractivity contribution in [1.29, 1.82) is 0 Å². The molecule has 0 spiro atoms. The lowest BCUT2D eigenvalue weighted by atomic mass is 9.88. The molecule has 3 aromatic rings. The molecule has 0 saturated carbocycles. The van der Waals surface area contributed by atoms with Crippen molar-refractivity contribution < 1.29 is 28.6 Å². The molecule has 0 atom stereocenters. The van der Waals surface area contributed by atoms with Crippen LogP contribution in [0.3, 0.4) is 0 Å². The number of hydrogen-bond donors (Lipinski definition) is 2. The zero-order chi connectivity index (χ0) is 25.9. The molecular weight excluding hydrogens is 460 g/mol. The molecule has 1 saturated heterocycles. The van der Waals surface area contributed by atoms with Gasteiger partial charge in [0.2, 0.25) is 0 Å². The van der Waals surface area contributed by atoms with E-state index in [1.54, 1.807) is 24.0 Å². The summed E-state index contributed by atoms with van der Waals surface area (Å²) in [7, 11) is 0. The van der Waals surface area contributed by atoms with Gasteiger partial charge in [-0.15, -0.1) is 0 Å². The van der Waals surface area contributed by atoms with Crippen molar-refractivity contribution in [3.8, 4) is 5.75 Å². The minimum Gasteiger partial charge on any atom is -0.489 e. The quantitative estimate of drug-likeness (QED) is 0.510. The summed E-state index contributed by atoms with van der Waals surface area (Å²) >= 11 is 0. The summed E-state index contributed by atoms with van der Waals surface area (Å²) in [6.07, 6.45) is 0.434. The number of piperidine rings is 1. The average Bonchev–Trinajstić information content (AvgIpc) is 3.17. The molecule has 0 radical (unpaired) electrons. The lowest BCUT2D eigenvalue weighted by Crippen LogP contribution is -2.58. The Morgan fingerprint density at radius 2 is 1.81 bits per heavy atom. The first kappa shape index (κ1) is 25.6. The average molecular weight is 495 g/mol. The third kappa shape index (κ3) is 5.82. The maximum absolute atomic E-state index is 13.4. The number of fused-ring (bicyclic) bond motifs is 1. The van der Waals surface area contributed by atoms with Gasteiger partial charge in [-0.2, -0.15) is 0 Å². The molecule has 8 heteroatoms. The first-order valence-electron chi connectivity index (χ1n) is 12.2. The Labute approximate surface area is 211 Å². The van der Waals surface area contributed by atoms with Gasteiger partial charge in [0.25, 0.3) is 5.91 Å². The zero-order valence-corrected chi connectivity index (χ0v) is 21.3. The van der Waals surface area contributed by atoms with Crippen LogP contribution < -0.4 is 10.1 Å². The number of benzene rings is 2. The minimum atomic E-state index is -0.840. The van der Waals surface area contributed by atoms with Gasteiger partial charge in [0, 0.05) is 18.5 Å². The Bertz CT molecular complexity index is 1220. The number of aliphatic hydroxyl groups is 1. The predicted molar refractivity (Wildman–Crippen MR) is 136 cm³/mol. The molecule has 2 aromatic carbocycles. The maximum Gasteiger partial charge on any atom is 0.410 e. The van der Waals surface area contributed by atoms with Crippen molar-refractivity contribution in [3.05, 3.63) is 65.4 Å². The molecule has 8 nitrogen and oxygen atoms in total. The van der Waals surface area contributed by atoms with Gasteiger partial charge in [-0.1, -0.05) is 30.3 Å². The Morgan fingerprint density at radius 3 is 2.44 bits per heavy atom. The van der Waals surface area contributed by atoms with Crippen LogP contribution >= 0.6 is 0 Å². The number of hydrogen-bond acceptors (Lipinski definition) is 6. The van der Waals surface area contributed by atoms with Crippen LogP contribution in [0.2, 0.25) is 0 Å². The van der Waals surface area contributed by atoms with Crippen molar-refractivity contribution in [1.82, 2.24) is 10.2 Å². The van der Waals surface area contributed by atoms with Crippen LogP contribution in [0.15, 0.2) is 52.9 Å². The van der Waals surface area contributed by atoms with Crippen molar-refractivity contribution in [2.24, 2.45) is 0 Å². The van der Waals surface area contributed by atoms with E-state index in [0.717, 1.165) is 5.56 Å². The zero-order valence-electron chi connectivity index (χ0n) is 21.3. The fraction of sp³-hybridized carbons (Fsp3) is 0.429. The molecule has 36 heavy (non-hydrogen) atoms. The van der Waals surface area contributed by atoms with Gasteiger partial charge in [0.05, 0.1) is 17.7 Å². The van der Waals surface area contributed by atoms with E-state index in [1.165, 1.54) is 0 Å². The smallest absolute Gasteiger partial charge is 0.410 e. The van der Waals surface area contributed by atoms with Crippen molar-refractivity contribution >= 4 is 23.0 Å². The summed E-state index contributed by atoms with van der Waals surface area (Å²) in [6, 6.07) is 15.3. The van der Waals surface area contributed by atoms with Crippen LogP contribution in [0.1, 0.15) is 55.3 Å². The minimum absolute atomic E-state index is 0.235. The molecule has 0 bridgehead atoms. The number of ether oxygens (including phenoxy) is 2. The third-order valence-electron chi connectivity index (χ3n) is 6.36. The summed E-state index contributed by atoms with van der Waals surface area (Å²) in [5.41, 5.74) is 0.620. The first-order chi connectivity index (χ1) is 17.1. The van der Waals surface area contributed by atoms with E-state index in [4.69, 9.17) is 13.9 Å². The molecule has 0 aliphatic carbocycles. The highest BCUT2D eigenvalue weighted by Crippen LogP contribution is 2.31. The number of aryl methyl sites for hydroxylation is 1. The second kappa shape index (κ2) is 10.2. The number of nitrogens with zero attached hydrogens (tertiary/aromatic N) is 1. The van der Waals surface area contributed by atoms with Crippen molar-refractivity contribution in [2.75, 3.05) is 19.7 Å². The van der Waals surface area contributed by atoms with E-state index >= 15 is 0 Å². The van der Waals surface area contributed by atoms with Crippen LogP contribution in [0.25, 0.3) is 11.0 Å². The highest BCUT2D eigenvalue weighted by atomic mass is 16.6. The number of nitrogens with one attached hydrogen (secondary N) is 1. The van der Waals surface area contributed by atoms with Crippen LogP contribution in [0.4, 0.5) is 4.79 Å². The van der Waals surface area contributed by atoms with Gasteiger partial charge in [0.1, 0.15) is 29.3 Å². The van der Waals surface area contributed by atoms with E-state index in [1.807, 2.05) is 57.2 Å². The van der Waals surface area contributed by atoms with Gasteiger partial charge in [0.15, 0.2) is 0 Å². The summed E-state index contributed by atoms with van der Waals surface area (Å²) in [5, 5.41) is 13.9. The lowest BCUT2D eigenvalue weighted by Gasteiger charge is -2.41. The largest absolute Gasteiger partial charge is 0.489 e. The second-order valence-electron chi connectivity index (χ2n) is 10.3. The van der Waals surface area contributed by atoms with Gasteiger partial charge >= 0.3 is 6.09 Å². The molecule has 1 aromatic heterocycles. The monoisotopic (exact) mass is 494 g/mol. The Morgan fingerprint density at radius 1 is 1.11 bits per heavy atom. The molecular formula is C28H34N2O6. The van der Waals surface area contributed by atoms with E-state index in [2.05, 4.69) is 5.32 Å². The molecule has 2 heterocycles. The van der Waals surface area contributed by atoms with E-state index in [9.17, 15) is 14.7 Å². The number of furan rings is 1. The molecule has 1 aliphatic rings. The Balaban J connectivity index is 1.47. The summed E-state index contributed by atoms with van der Waals surface area (Å²) in [5.74, 6) is 0.789. The summed E-state index contributed by atoms with van der Waals surface area (Å²) in [6.45, 7) is 8.13. The van der Waals surface area contributed by atoms with Gasteiger partial charge < -0.3 is 29.2 Å². The van der Waals surface area contributed by atoms with Gasteiger partial charge in [-0.3, -0.25) is 4.79 Å². The fourth-order valence-corrected chi connectivity index (χ4v) is 4.38. The van der Waals surface area contributed by atoms with Crippen molar-refractivity contribution in [3.63, 3.8) is 0 Å². The fourth-order valence-electron chi connectivity index (χ4n) is 4.38. The highest BCUT2D eigenvalue weighted by molar-refractivity contribution is 6.07. The molecule has 2 N–H and O–H groups in total. The van der Waals surface area contributed by atoms with Gasteiger partial charge in [-0.05, 0) is 64.3 Å². The van der Waals surface area contributed by atoms with Crippen LogP contribution in [-0.4, -0.2) is 52.8 Å². The van der Waals surface area contributed by atoms with Crippen LogP contribution in [0, 0.1) is 6.92 Å². The van der Waals surface area contributed by atoms with Crippen LogP contribution in [0.5, 0.6) is 5.75 Å². The highest BCUT2D eigenvalue weighted by Gasteiger charge is 2.39. The molecule has 1 fully saturated rings. The first-order valence-corrected chi connectivity index (χ1v) is 12.2. The standard InChI is InChI=1S/C28H34N2O6/c1-19-24(22-16-21(10-11-23(22)35-19)34-17-20-8-6-5-7-9-20)25(32)29-28(18-31)12-14-30(15-13-28)26(33)36-27(2,3)4/h5-11,16,31H,12-15,17-18H2,1-4H3,(H,29,32). The topological polar surface area (TPSA) is 101 Å². The van der Waals surface area contributed by atoms with E-state index in [-0.39, 0.29) is 18.6 Å². The van der Waals surface area contributed by atoms with Gasteiger partial charge in [-0.25, -0.2) is 4.79 Å². The molecule has 2 amide bonds. The molecule has 192 valence electrons. The van der Waals surface area contributed by atoms with Crippen molar-refractivity contribution in [2.45, 2.75) is 58.3 Å². The maximum atomic E-state index is 13.4. The van der Waals surface area contributed by atoms with Crippen LogP contribution in [-0.2, 0) is 11.3 Å². The number of carbonyl (C=O) groups excluding carboxylic acids is 2. The third-order valence-corrected chi connectivity index (χ3v) is 6.36. The van der Waals surface area contributed by atoms with E-state index in [0.29, 0.717) is 60.6 Å². The number of amides is 2.